The SMILES string of the molecule is CC(C)=CCC[C@]1(C)OC2=C(Cl)C(=O)c3c(O)cc(O[Si](C(C)C)(C(C)C)C(C)C)cc3[C@@]23CC(=C(C)C)C[C@@H]13. The zero-order chi connectivity index (χ0) is 29.9. The molecule has 1 spiro atoms. The van der Waals surface area contributed by atoms with Gasteiger partial charge < -0.3 is 14.3 Å². The number of carbonyl (C=O) groups excluding carboxylic acids is 1. The van der Waals surface area contributed by atoms with Gasteiger partial charge in [-0.2, -0.15) is 0 Å². The fourth-order valence-electron chi connectivity index (χ4n) is 8.24. The van der Waals surface area contributed by atoms with Gasteiger partial charge in [-0.15, -0.1) is 0 Å². The van der Waals surface area contributed by atoms with E-state index >= 15 is 0 Å². The zero-order valence-corrected chi connectivity index (χ0v) is 28.2. The third kappa shape index (κ3) is 4.60. The van der Waals surface area contributed by atoms with E-state index in [-0.39, 0.29) is 22.5 Å². The molecule has 3 atom stereocenters. The molecular formula is C34H49ClO4Si. The second kappa shape index (κ2) is 10.7. The van der Waals surface area contributed by atoms with Crippen molar-refractivity contribution in [1.29, 1.82) is 0 Å². The maximum atomic E-state index is 13.7. The summed E-state index contributed by atoms with van der Waals surface area (Å²) in [5.74, 6) is 0.915. The molecule has 3 aliphatic rings. The molecular weight excluding hydrogens is 536 g/mol. The van der Waals surface area contributed by atoms with Gasteiger partial charge in [0.15, 0.2) is 0 Å². The third-order valence-corrected chi connectivity index (χ3v) is 16.5. The Morgan fingerprint density at radius 1 is 1.12 bits per heavy atom. The first-order valence-electron chi connectivity index (χ1n) is 15.0. The van der Waals surface area contributed by atoms with Gasteiger partial charge in [0.1, 0.15) is 27.9 Å². The lowest BCUT2D eigenvalue weighted by atomic mass is 9.63. The molecule has 1 heterocycles. The van der Waals surface area contributed by atoms with Crippen LogP contribution in [0.2, 0.25) is 16.6 Å². The molecule has 2 fully saturated rings. The molecule has 1 saturated heterocycles. The van der Waals surface area contributed by atoms with Crippen LogP contribution >= 0.6 is 11.6 Å². The first-order chi connectivity index (χ1) is 18.5. The maximum absolute atomic E-state index is 13.7. The zero-order valence-electron chi connectivity index (χ0n) is 26.4. The van der Waals surface area contributed by atoms with Crippen molar-refractivity contribution in [2.45, 2.75) is 129 Å². The van der Waals surface area contributed by atoms with Gasteiger partial charge in [0.2, 0.25) is 5.78 Å². The van der Waals surface area contributed by atoms with Crippen molar-refractivity contribution in [2.24, 2.45) is 5.92 Å². The number of allylic oxidation sites excluding steroid dienone is 6. The largest absolute Gasteiger partial charge is 0.543 e. The topological polar surface area (TPSA) is 55.8 Å². The Hall–Kier alpha value is -1.98. The van der Waals surface area contributed by atoms with Crippen molar-refractivity contribution < 1.29 is 19.1 Å². The summed E-state index contributed by atoms with van der Waals surface area (Å²) in [6, 6.07) is 3.70. The van der Waals surface area contributed by atoms with Crippen LogP contribution in [0.25, 0.3) is 0 Å². The summed E-state index contributed by atoms with van der Waals surface area (Å²) in [7, 11) is -2.31. The molecule has 0 amide bonds. The molecule has 6 heteroatoms. The van der Waals surface area contributed by atoms with Gasteiger partial charge in [-0.1, -0.05) is 75.9 Å². The Balaban J connectivity index is 1.96. The van der Waals surface area contributed by atoms with Crippen LogP contribution in [0.4, 0.5) is 0 Å². The summed E-state index contributed by atoms with van der Waals surface area (Å²) >= 11 is 6.88. The Morgan fingerprint density at radius 2 is 1.73 bits per heavy atom. The number of hydrogen-bond donors (Lipinski definition) is 1. The van der Waals surface area contributed by atoms with Crippen molar-refractivity contribution in [3.05, 3.63) is 56.8 Å². The molecule has 220 valence electrons. The lowest BCUT2D eigenvalue weighted by molar-refractivity contribution is 0.0166. The molecule has 4 nitrogen and oxygen atoms in total. The number of halogens is 1. The second-order valence-corrected chi connectivity index (χ2v) is 19.8. The number of phenols is 1. The van der Waals surface area contributed by atoms with Gasteiger partial charge in [0.05, 0.1) is 11.0 Å². The lowest BCUT2D eigenvalue weighted by Gasteiger charge is -2.43. The van der Waals surface area contributed by atoms with Crippen LogP contribution < -0.4 is 4.43 Å². The van der Waals surface area contributed by atoms with Gasteiger partial charge in [-0.25, -0.2) is 0 Å². The van der Waals surface area contributed by atoms with Gasteiger partial charge in [0, 0.05) is 12.0 Å². The monoisotopic (exact) mass is 584 g/mol. The van der Waals surface area contributed by atoms with Crippen LogP contribution in [0.15, 0.2) is 45.7 Å². The minimum Gasteiger partial charge on any atom is -0.543 e. The van der Waals surface area contributed by atoms with E-state index in [1.807, 2.05) is 0 Å². The molecule has 0 unspecified atom stereocenters. The van der Waals surface area contributed by atoms with Crippen molar-refractivity contribution >= 4 is 25.7 Å². The average molecular weight is 585 g/mol. The summed E-state index contributed by atoms with van der Waals surface area (Å²) in [6.07, 6.45) is 5.57. The van der Waals surface area contributed by atoms with Crippen molar-refractivity contribution in [3.63, 3.8) is 0 Å². The highest BCUT2D eigenvalue weighted by atomic mass is 35.5. The summed E-state index contributed by atoms with van der Waals surface area (Å²) in [5.41, 5.74) is 5.10. The number of ether oxygens (including phenoxy) is 1. The first-order valence-corrected chi connectivity index (χ1v) is 17.5. The summed E-state index contributed by atoms with van der Waals surface area (Å²) in [4.78, 5) is 13.7. The van der Waals surface area contributed by atoms with Crippen molar-refractivity contribution in [2.75, 3.05) is 0 Å². The van der Waals surface area contributed by atoms with Crippen molar-refractivity contribution in [3.8, 4) is 11.5 Å². The Labute approximate surface area is 248 Å². The molecule has 1 N–H and O–H groups in total. The average Bonchev–Trinajstić information content (AvgIpc) is 3.35. The Kier molecular flexibility index (Phi) is 8.28. The quantitative estimate of drug-likeness (QED) is 0.244. The van der Waals surface area contributed by atoms with Crippen LogP contribution in [-0.4, -0.2) is 24.8 Å². The van der Waals surface area contributed by atoms with Crippen LogP contribution in [0.3, 0.4) is 0 Å². The number of benzene rings is 1. The predicted molar refractivity (Wildman–Crippen MR) is 168 cm³/mol. The number of fused-ring (bicyclic) bond motifs is 1. The molecule has 1 aromatic carbocycles. The molecule has 1 saturated carbocycles. The van der Waals surface area contributed by atoms with E-state index in [1.165, 1.54) is 16.7 Å². The van der Waals surface area contributed by atoms with E-state index < -0.39 is 19.3 Å². The van der Waals surface area contributed by atoms with E-state index in [2.05, 4.69) is 88.3 Å². The lowest BCUT2D eigenvalue weighted by Crippen LogP contribution is -2.50. The van der Waals surface area contributed by atoms with Gasteiger partial charge in [0.25, 0.3) is 8.32 Å². The van der Waals surface area contributed by atoms with Crippen LogP contribution in [0.1, 0.15) is 118 Å². The molecule has 0 radical (unpaired) electrons. The highest BCUT2D eigenvalue weighted by Crippen LogP contribution is 2.68. The summed E-state index contributed by atoms with van der Waals surface area (Å²) in [6.45, 7) is 24.3. The van der Waals surface area contributed by atoms with E-state index in [4.69, 9.17) is 20.8 Å². The molecule has 0 aromatic heterocycles. The molecule has 0 bridgehead atoms. The fraction of sp³-hybridized carbons (Fsp3) is 0.618. The van der Waals surface area contributed by atoms with Gasteiger partial charge in [-0.3, -0.25) is 4.79 Å². The molecule has 40 heavy (non-hydrogen) atoms. The van der Waals surface area contributed by atoms with Crippen LogP contribution in [0.5, 0.6) is 11.5 Å². The Morgan fingerprint density at radius 3 is 2.25 bits per heavy atom. The van der Waals surface area contributed by atoms with E-state index in [9.17, 15) is 9.90 Å². The highest BCUT2D eigenvalue weighted by Gasteiger charge is 2.67. The smallest absolute Gasteiger partial charge is 0.258 e. The van der Waals surface area contributed by atoms with Crippen molar-refractivity contribution in [1.82, 2.24) is 0 Å². The minimum absolute atomic E-state index is 0.0502. The highest BCUT2D eigenvalue weighted by molar-refractivity contribution is 6.78. The Bertz CT molecular complexity index is 1270. The number of rotatable bonds is 8. The number of phenolic OH excluding ortho intramolecular Hbond substituents is 1. The number of carbonyl (C=O) groups is 1. The normalized spacial score (nSPS) is 25.8. The van der Waals surface area contributed by atoms with E-state index in [1.54, 1.807) is 6.07 Å². The molecule has 4 rings (SSSR count). The minimum atomic E-state index is -2.31. The van der Waals surface area contributed by atoms with E-state index in [0.29, 0.717) is 33.7 Å². The number of hydrogen-bond acceptors (Lipinski definition) is 4. The number of ketones is 1. The second-order valence-electron chi connectivity index (χ2n) is 14.0. The number of aromatic hydroxyl groups is 1. The first kappa shape index (κ1) is 31.0. The summed E-state index contributed by atoms with van der Waals surface area (Å²) < 4.78 is 13.9. The van der Waals surface area contributed by atoms with Crippen LogP contribution in [0, 0.1) is 5.92 Å². The molecule has 2 aliphatic carbocycles. The van der Waals surface area contributed by atoms with E-state index in [0.717, 1.165) is 31.2 Å². The van der Waals surface area contributed by atoms with Crippen LogP contribution in [-0.2, 0) is 10.2 Å². The van der Waals surface area contributed by atoms with Gasteiger partial charge >= 0.3 is 0 Å². The fourth-order valence-corrected chi connectivity index (χ4v) is 13.8. The predicted octanol–water partition coefficient (Wildman–Crippen LogP) is 10.1. The third-order valence-electron chi connectivity index (χ3n) is 10.1. The number of Topliss-reactive ketones (excluding diaryl/α,β-unsaturated/α-hetero) is 1. The summed E-state index contributed by atoms with van der Waals surface area (Å²) in [5, 5.41) is 11.6. The molecule has 1 aromatic rings. The standard InChI is InChI=1S/C34H49ClO4Si/c1-19(2)13-12-14-33(11)28-15-24(20(3)4)18-34(28)26-16-25(39-40(21(5)6,22(7)8)23(9)10)17-27(36)29(26)31(37)30(35)32(34)38-33/h13,16-17,21-23,28,36H,12,14-15,18H2,1-11H3/t28-,33-,34+/m0/s1. The maximum Gasteiger partial charge on any atom is 0.258 e. The molecule has 1 aliphatic heterocycles. The van der Waals surface area contributed by atoms with Gasteiger partial charge in [-0.05, 0) is 88.6 Å².